The molecule has 2 unspecified atom stereocenters. The molecular formula is C13H18N2O3. The van der Waals surface area contributed by atoms with Crippen LogP contribution in [0.5, 0.6) is 5.75 Å². The number of para-hydroxylation sites is 2. The summed E-state index contributed by atoms with van der Waals surface area (Å²) in [6.07, 6.45) is 0.913. The average Bonchev–Trinajstić information content (AvgIpc) is 2.74. The fourth-order valence-electron chi connectivity index (χ4n) is 1.93. The second kappa shape index (κ2) is 5.73. The maximum absolute atomic E-state index is 11.7. The number of anilines is 1. The van der Waals surface area contributed by atoms with Crippen molar-refractivity contribution >= 4 is 11.6 Å². The quantitative estimate of drug-likeness (QED) is 0.780. The lowest BCUT2D eigenvalue weighted by Gasteiger charge is -2.16. The number of carbonyl (C=O) groups excluding carboxylic acids is 1. The smallest absolute Gasteiger partial charge is 0.258 e. The van der Waals surface area contributed by atoms with Gasteiger partial charge in [0.1, 0.15) is 5.75 Å². The Balaban J connectivity index is 1.80. The predicted octanol–water partition coefficient (Wildman–Crippen LogP) is 0.941. The van der Waals surface area contributed by atoms with Crippen LogP contribution >= 0.6 is 0 Å². The molecule has 2 atom stereocenters. The highest BCUT2D eigenvalue weighted by molar-refractivity contribution is 5.78. The maximum atomic E-state index is 11.7. The minimum Gasteiger partial charge on any atom is -0.482 e. The fraction of sp³-hybridized carbons (Fsp3) is 0.462. The summed E-state index contributed by atoms with van der Waals surface area (Å²) < 4.78 is 10.7. The molecule has 1 heterocycles. The largest absolute Gasteiger partial charge is 0.482 e. The second-order valence-corrected chi connectivity index (χ2v) is 4.37. The Morgan fingerprint density at radius 1 is 1.56 bits per heavy atom. The van der Waals surface area contributed by atoms with Gasteiger partial charge in [0.05, 0.1) is 17.8 Å². The molecule has 2 rings (SSSR count). The van der Waals surface area contributed by atoms with Gasteiger partial charge >= 0.3 is 0 Å². The number of carbonyl (C=O) groups is 1. The van der Waals surface area contributed by atoms with Gasteiger partial charge in [0.15, 0.2) is 6.61 Å². The van der Waals surface area contributed by atoms with Gasteiger partial charge in [0.25, 0.3) is 5.91 Å². The van der Waals surface area contributed by atoms with Crippen LogP contribution in [-0.2, 0) is 9.53 Å². The molecular weight excluding hydrogens is 232 g/mol. The van der Waals surface area contributed by atoms with E-state index in [0.717, 1.165) is 6.42 Å². The van der Waals surface area contributed by atoms with Crippen molar-refractivity contribution in [3.8, 4) is 5.75 Å². The maximum Gasteiger partial charge on any atom is 0.258 e. The lowest BCUT2D eigenvalue weighted by atomic mass is 10.1. The summed E-state index contributed by atoms with van der Waals surface area (Å²) in [5.41, 5.74) is 6.25. The molecule has 0 spiro atoms. The third kappa shape index (κ3) is 3.13. The van der Waals surface area contributed by atoms with Crippen LogP contribution in [0.2, 0.25) is 0 Å². The molecule has 0 aliphatic carbocycles. The topological polar surface area (TPSA) is 73.6 Å². The van der Waals surface area contributed by atoms with Gasteiger partial charge in [-0.05, 0) is 25.5 Å². The van der Waals surface area contributed by atoms with Crippen LogP contribution in [0, 0.1) is 0 Å². The van der Waals surface area contributed by atoms with Crippen molar-refractivity contribution < 1.29 is 14.3 Å². The first-order valence-corrected chi connectivity index (χ1v) is 6.05. The average molecular weight is 250 g/mol. The van der Waals surface area contributed by atoms with E-state index in [1.165, 1.54) is 0 Å². The molecule has 1 amide bonds. The van der Waals surface area contributed by atoms with Crippen LogP contribution in [0.25, 0.3) is 0 Å². The molecule has 1 aliphatic heterocycles. The van der Waals surface area contributed by atoms with Gasteiger partial charge in [-0.3, -0.25) is 4.79 Å². The highest BCUT2D eigenvalue weighted by Crippen LogP contribution is 2.19. The fourth-order valence-corrected chi connectivity index (χ4v) is 1.93. The van der Waals surface area contributed by atoms with E-state index < -0.39 is 0 Å². The monoisotopic (exact) mass is 250 g/mol. The Hall–Kier alpha value is -1.75. The molecule has 0 radical (unpaired) electrons. The summed E-state index contributed by atoms with van der Waals surface area (Å²) in [7, 11) is 0. The number of benzene rings is 1. The highest BCUT2D eigenvalue weighted by Gasteiger charge is 2.25. The Morgan fingerprint density at radius 2 is 2.33 bits per heavy atom. The van der Waals surface area contributed by atoms with Crippen LogP contribution in [-0.4, -0.2) is 31.3 Å². The van der Waals surface area contributed by atoms with E-state index >= 15 is 0 Å². The van der Waals surface area contributed by atoms with E-state index in [0.29, 0.717) is 18.0 Å². The van der Waals surface area contributed by atoms with Crippen LogP contribution in [0.15, 0.2) is 24.3 Å². The molecule has 1 aliphatic rings. The van der Waals surface area contributed by atoms with Gasteiger partial charge in [-0.25, -0.2) is 0 Å². The number of nitrogens with two attached hydrogens (primary N) is 1. The van der Waals surface area contributed by atoms with E-state index in [9.17, 15) is 4.79 Å². The minimum absolute atomic E-state index is 0.0303. The van der Waals surface area contributed by atoms with E-state index in [2.05, 4.69) is 5.32 Å². The van der Waals surface area contributed by atoms with Crippen LogP contribution in [0.1, 0.15) is 13.3 Å². The molecule has 5 nitrogen and oxygen atoms in total. The number of nitrogen functional groups attached to an aromatic ring is 1. The Morgan fingerprint density at radius 3 is 3.00 bits per heavy atom. The van der Waals surface area contributed by atoms with Gasteiger partial charge < -0.3 is 20.5 Å². The van der Waals surface area contributed by atoms with Crippen molar-refractivity contribution in [3.63, 3.8) is 0 Å². The zero-order valence-electron chi connectivity index (χ0n) is 10.4. The molecule has 1 aromatic carbocycles. The van der Waals surface area contributed by atoms with Crippen LogP contribution < -0.4 is 15.8 Å². The second-order valence-electron chi connectivity index (χ2n) is 4.37. The molecule has 0 saturated carbocycles. The molecule has 18 heavy (non-hydrogen) atoms. The minimum atomic E-state index is -0.152. The first-order valence-electron chi connectivity index (χ1n) is 6.05. The van der Waals surface area contributed by atoms with E-state index in [-0.39, 0.29) is 24.7 Å². The molecule has 3 N–H and O–H groups in total. The van der Waals surface area contributed by atoms with Crippen molar-refractivity contribution in [2.24, 2.45) is 0 Å². The van der Waals surface area contributed by atoms with E-state index in [4.69, 9.17) is 15.2 Å². The molecule has 0 aromatic heterocycles. The zero-order chi connectivity index (χ0) is 13.0. The molecule has 5 heteroatoms. The summed E-state index contributed by atoms with van der Waals surface area (Å²) >= 11 is 0. The highest BCUT2D eigenvalue weighted by atomic mass is 16.5. The first-order chi connectivity index (χ1) is 8.66. The predicted molar refractivity (Wildman–Crippen MR) is 68.3 cm³/mol. The normalized spacial score (nSPS) is 22.7. The lowest BCUT2D eigenvalue weighted by molar-refractivity contribution is -0.124. The summed E-state index contributed by atoms with van der Waals surface area (Å²) in [6, 6.07) is 7.19. The Bertz CT molecular complexity index is 422. The third-order valence-electron chi connectivity index (χ3n) is 3.00. The summed E-state index contributed by atoms with van der Waals surface area (Å²) in [5.74, 6) is 0.379. The molecule has 1 fully saturated rings. The first kappa shape index (κ1) is 12.7. The SMILES string of the molecule is CC1OCCC1NC(=O)COc1ccccc1N. The number of rotatable bonds is 4. The number of nitrogens with one attached hydrogen (secondary N) is 1. The van der Waals surface area contributed by atoms with Crippen molar-refractivity contribution in [2.45, 2.75) is 25.5 Å². The van der Waals surface area contributed by atoms with Crippen molar-refractivity contribution in [1.29, 1.82) is 0 Å². The molecule has 0 bridgehead atoms. The third-order valence-corrected chi connectivity index (χ3v) is 3.00. The zero-order valence-corrected chi connectivity index (χ0v) is 10.4. The van der Waals surface area contributed by atoms with Crippen LogP contribution in [0.3, 0.4) is 0 Å². The number of amides is 1. The van der Waals surface area contributed by atoms with E-state index in [1.54, 1.807) is 12.1 Å². The summed E-state index contributed by atoms with van der Waals surface area (Å²) in [4.78, 5) is 11.7. The van der Waals surface area contributed by atoms with Gasteiger partial charge in [0.2, 0.25) is 0 Å². The van der Waals surface area contributed by atoms with Gasteiger partial charge in [-0.2, -0.15) is 0 Å². The van der Waals surface area contributed by atoms with Crippen LogP contribution in [0.4, 0.5) is 5.69 Å². The standard InChI is InChI=1S/C13H18N2O3/c1-9-11(6-7-17-9)15-13(16)8-18-12-5-3-2-4-10(12)14/h2-5,9,11H,6-8,14H2,1H3,(H,15,16). The number of hydrogen-bond acceptors (Lipinski definition) is 4. The lowest BCUT2D eigenvalue weighted by Crippen LogP contribution is -2.41. The molecule has 1 saturated heterocycles. The van der Waals surface area contributed by atoms with Crippen molar-refractivity contribution in [1.82, 2.24) is 5.32 Å². The summed E-state index contributed by atoms with van der Waals surface area (Å²) in [6.45, 7) is 2.62. The molecule has 1 aromatic rings. The van der Waals surface area contributed by atoms with Gasteiger partial charge in [-0.1, -0.05) is 12.1 Å². The van der Waals surface area contributed by atoms with Crippen molar-refractivity contribution in [3.05, 3.63) is 24.3 Å². The number of hydrogen-bond donors (Lipinski definition) is 2. The Kier molecular flexibility index (Phi) is 4.04. The summed E-state index contributed by atoms with van der Waals surface area (Å²) in [5, 5.41) is 2.89. The van der Waals surface area contributed by atoms with E-state index in [1.807, 2.05) is 19.1 Å². The van der Waals surface area contributed by atoms with Gasteiger partial charge in [-0.15, -0.1) is 0 Å². The number of ether oxygens (including phenoxy) is 2. The molecule has 98 valence electrons. The van der Waals surface area contributed by atoms with Gasteiger partial charge in [0, 0.05) is 6.61 Å². The Labute approximate surface area is 106 Å². The van der Waals surface area contributed by atoms with Crippen molar-refractivity contribution in [2.75, 3.05) is 18.9 Å².